The number of rotatable bonds is 3. The lowest BCUT2D eigenvalue weighted by molar-refractivity contribution is 0.584. The lowest BCUT2D eigenvalue weighted by atomic mass is 10.4. The standard InChI is InChI=1S/C12H13ClN2O2S/c1-3-12-14-9(2)8-15(12)18(16,17)11-6-4-10(13)5-7-11/h4-8H,3H2,1-2H3. The van der Waals surface area contributed by atoms with Crippen LogP contribution in [-0.4, -0.2) is 17.4 Å². The number of aryl methyl sites for hydroxylation is 2. The maximum absolute atomic E-state index is 12.4. The van der Waals surface area contributed by atoms with E-state index in [0.717, 1.165) is 0 Å². The van der Waals surface area contributed by atoms with Gasteiger partial charge in [-0.3, -0.25) is 0 Å². The van der Waals surface area contributed by atoms with Crippen LogP contribution in [-0.2, 0) is 16.4 Å². The fourth-order valence-electron chi connectivity index (χ4n) is 1.69. The van der Waals surface area contributed by atoms with Gasteiger partial charge in [0.2, 0.25) is 0 Å². The van der Waals surface area contributed by atoms with E-state index in [4.69, 9.17) is 11.6 Å². The summed E-state index contributed by atoms with van der Waals surface area (Å²) in [6.45, 7) is 3.64. The molecule has 0 amide bonds. The quantitative estimate of drug-likeness (QED) is 0.871. The summed E-state index contributed by atoms with van der Waals surface area (Å²) in [6.07, 6.45) is 2.09. The second kappa shape index (κ2) is 4.74. The van der Waals surface area contributed by atoms with E-state index in [1.807, 2.05) is 6.92 Å². The molecular weight excluding hydrogens is 272 g/mol. The van der Waals surface area contributed by atoms with Crippen molar-refractivity contribution >= 4 is 21.6 Å². The minimum Gasteiger partial charge on any atom is -0.238 e. The van der Waals surface area contributed by atoms with Crippen molar-refractivity contribution < 1.29 is 8.42 Å². The normalized spacial score (nSPS) is 11.7. The molecule has 0 fully saturated rings. The van der Waals surface area contributed by atoms with Gasteiger partial charge < -0.3 is 0 Å². The van der Waals surface area contributed by atoms with E-state index >= 15 is 0 Å². The molecule has 2 aromatic rings. The average molecular weight is 285 g/mol. The Morgan fingerprint density at radius 3 is 2.44 bits per heavy atom. The second-order valence-corrected chi connectivity index (χ2v) is 6.16. The number of benzene rings is 1. The van der Waals surface area contributed by atoms with Crippen LogP contribution < -0.4 is 0 Å². The number of nitrogens with zero attached hydrogens (tertiary/aromatic N) is 2. The first-order valence-corrected chi connectivity index (χ1v) is 7.33. The molecule has 0 aliphatic rings. The lowest BCUT2D eigenvalue weighted by Crippen LogP contribution is -2.14. The van der Waals surface area contributed by atoms with E-state index in [9.17, 15) is 8.42 Å². The van der Waals surface area contributed by atoms with Crippen LogP contribution in [0.3, 0.4) is 0 Å². The molecule has 0 saturated carbocycles. The van der Waals surface area contributed by atoms with Crippen LogP contribution >= 0.6 is 11.6 Å². The van der Waals surface area contributed by atoms with Gasteiger partial charge in [-0.2, -0.15) is 0 Å². The van der Waals surface area contributed by atoms with E-state index in [0.29, 0.717) is 23.0 Å². The highest BCUT2D eigenvalue weighted by atomic mass is 35.5. The summed E-state index contributed by atoms with van der Waals surface area (Å²) in [5, 5.41) is 0.506. The van der Waals surface area contributed by atoms with Crippen molar-refractivity contribution in [3.8, 4) is 0 Å². The summed E-state index contributed by atoms with van der Waals surface area (Å²) in [5.41, 5.74) is 0.685. The Morgan fingerprint density at radius 1 is 1.28 bits per heavy atom. The van der Waals surface area contributed by atoms with Gasteiger partial charge in [0.15, 0.2) is 0 Å². The van der Waals surface area contributed by atoms with Crippen LogP contribution in [0, 0.1) is 6.92 Å². The van der Waals surface area contributed by atoms with Crippen LogP contribution in [0.1, 0.15) is 18.4 Å². The number of hydrogen-bond acceptors (Lipinski definition) is 3. The highest BCUT2D eigenvalue weighted by molar-refractivity contribution is 7.90. The van der Waals surface area contributed by atoms with Gasteiger partial charge in [0.05, 0.1) is 10.6 Å². The van der Waals surface area contributed by atoms with E-state index in [-0.39, 0.29) is 4.90 Å². The molecule has 18 heavy (non-hydrogen) atoms. The largest absolute Gasteiger partial charge is 0.269 e. The van der Waals surface area contributed by atoms with Crippen molar-refractivity contribution in [3.05, 3.63) is 47.0 Å². The van der Waals surface area contributed by atoms with Crippen molar-refractivity contribution in [1.82, 2.24) is 8.96 Å². The molecule has 0 aliphatic heterocycles. The fourth-order valence-corrected chi connectivity index (χ4v) is 3.26. The molecule has 0 radical (unpaired) electrons. The minimum absolute atomic E-state index is 0.207. The topological polar surface area (TPSA) is 52.0 Å². The van der Waals surface area contributed by atoms with E-state index < -0.39 is 10.0 Å². The molecule has 6 heteroatoms. The smallest absolute Gasteiger partial charge is 0.238 e. The van der Waals surface area contributed by atoms with Crippen molar-refractivity contribution in [1.29, 1.82) is 0 Å². The molecule has 2 rings (SSSR count). The third kappa shape index (κ3) is 2.28. The van der Waals surface area contributed by atoms with Gasteiger partial charge in [-0.1, -0.05) is 18.5 Å². The first-order chi connectivity index (χ1) is 8.45. The molecule has 0 saturated heterocycles. The Kier molecular flexibility index (Phi) is 3.45. The molecule has 1 aromatic heterocycles. The Labute approximate surface area is 111 Å². The minimum atomic E-state index is -3.58. The predicted molar refractivity (Wildman–Crippen MR) is 70.4 cm³/mol. The summed E-state index contributed by atoms with van der Waals surface area (Å²) < 4.78 is 26.1. The zero-order valence-corrected chi connectivity index (χ0v) is 11.7. The van der Waals surface area contributed by atoms with Gasteiger partial charge in [0.1, 0.15) is 5.82 Å². The van der Waals surface area contributed by atoms with Crippen molar-refractivity contribution in [2.75, 3.05) is 0 Å². The molecule has 0 spiro atoms. The van der Waals surface area contributed by atoms with Crippen LogP contribution in [0.5, 0.6) is 0 Å². The molecule has 0 aliphatic carbocycles. The van der Waals surface area contributed by atoms with Crippen molar-refractivity contribution in [3.63, 3.8) is 0 Å². The number of aromatic nitrogens is 2. The molecule has 4 nitrogen and oxygen atoms in total. The Balaban J connectivity index is 2.57. The molecule has 0 bridgehead atoms. The van der Waals surface area contributed by atoms with Crippen molar-refractivity contribution in [2.45, 2.75) is 25.2 Å². The van der Waals surface area contributed by atoms with E-state index in [1.165, 1.54) is 22.3 Å². The number of hydrogen-bond donors (Lipinski definition) is 0. The maximum atomic E-state index is 12.4. The van der Waals surface area contributed by atoms with Gasteiger partial charge >= 0.3 is 0 Å². The highest BCUT2D eigenvalue weighted by Crippen LogP contribution is 2.19. The molecule has 1 aromatic carbocycles. The molecule has 0 unspecified atom stereocenters. The van der Waals surface area contributed by atoms with Crippen LogP contribution in [0.25, 0.3) is 0 Å². The first kappa shape index (κ1) is 13.1. The van der Waals surface area contributed by atoms with Gasteiger partial charge in [0.25, 0.3) is 10.0 Å². The van der Waals surface area contributed by atoms with Gasteiger partial charge in [-0.05, 0) is 31.2 Å². The summed E-state index contributed by atoms with van der Waals surface area (Å²) >= 11 is 5.76. The summed E-state index contributed by atoms with van der Waals surface area (Å²) in [6, 6.07) is 6.10. The Bertz CT molecular complexity index is 660. The van der Waals surface area contributed by atoms with Crippen LogP contribution in [0.2, 0.25) is 5.02 Å². The zero-order chi connectivity index (χ0) is 13.3. The summed E-state index contributed by atoms with van der Waals surface area (Å²) in [4.78, 5) is 4.40. The summed E-state index contributed by atoms with van der Waals surface area (Å²) in [7, 11) is -3.58. The monoisotopic (exact) mass is 284 g/mol. The Morgan fingerprint density at radius 2 is 1.89 bits per heavy atom. The number of halogens is 1. The van der Waals surface area contributed by atoms with Gasteiger partial charge in [-0.15, -0.1) is 0 Å². The van der Waals surface area contributed by atoms with E-state index in [2.05, 4.69) is 4.98 Å². The molecule has 96 valence electrons. The predicted octanol–water partition coefficient (Wildman–Crippen LogP) is 2.64. The third-order valence-corrected chi connectivity index (χ3v) is 4.50. The van der Waals surface area contributed by atoms with Gasteiger partial charge in [-0.25, -0.2) is 17.4 Å². The fraction of sp³-hybridized carbons (Fsp3) is 0.250. The molecule has 0 atom stereocenters. The molecule has 1 heterocycles. The van der Waals surface area contributed by atoms with Crippen LogP contribution in [0.15, 0.2) is 35.4 Å². The van der Waals surface area contributed by atoms with Crippen LogP contribution in [0.4, 0.5) is 0 Å². The number of imidazole rings is 1. The third-order valence-electron chi connectivity index (χ3n) is 2.55. The first-order valence-electron chi connectivity index (χ1n) is 5.51. The molecular formula is C12H13ClN2O2S. The lowest BCUT2D eigenvalue weighted by Gasteiger charge is -2.08. The highest BCUT2D eigenvalue weighted by Gasteiger charge is 2.20. The maximum Gasteiger partial charge on any atom is 0.269 e. The van der Waals surface area contributed by atoms with Gasteiger partial charge in [0, 0.05) is 17.6 Å². The van der Waals surface area contributed by atoms with E-state index in [1.54, 1.807) is 19.1 Å². The SMILES string of the molecule is CCc1nc(C)cn1S(=O)(=O)c1ccc(Cl)cc1. The Hall–Kier alpha value is -1.33. The zero-order valence-electron chi connectivity index (χ0n) is 10.1. The second-order valence-electron chi connectivity index (χ2n) is 3.91. The average Bonchev–Trinajstić information content (AvgIpc) is 2.72. The van der Waals surface area contributed by atoms with Crippen molar-refractivity contribution in [2.24, 2.45) is 0 Å². The summed E-state index contributed by atoms with van der Waals surface area (Å²) in [5.74, 6) is 0.530. The molecule has 0 N–H and O–H groups in total.